The second kappa shape index (κ2) is 10.2. The van der Waals surface area contributed by atoms with Crippen LogP contribution in [-0.4, -0.2) is 45.8 Å². The summed E-state index contributed by atoms with van der Waals surface area (Å²) in [6.07, 6.45) is 0. The lowest BCUT2D eigenvalue weighted by atomic mass is 10.1. The Bertz CT molecular complexity index is 1010. The van der Waals surface area contributed by atoms with Crippen molar-refractivity contribution in [1.29, 1.82) is 0 Å². The fourth-order valence-electron chi connectivity index (χ4n) is 2.79. The molecule has 0 aliphatic carbocycles. The van der Waals surface area contributed by atoms with E-state index in [-0.39, 0.29) is 41.0 Å². The van der Waals surface area contributed by atoms with E-state index in [1.165, 1.54) is 10.7 Å². The number of aryl methyl sites for hydroxylation is 1. The number of carbonyl (C=O) groups is 3. The van der Waals surface area contributed by atoms with Crippen LogP contribution in [0, 0.1) is 29.9 Å². The molecule has 2 aromatic rings. The van der Waals surface area contributed by atoms with Gasteiger partial charge in [-0.3, -0.25) is 4.79 Å². The Kier molecular flexibility index (Phi) is 7.86. The number of anilines is 1. The van der Waals surface area contributed by atoms with Crippen molar-refractivity contribution in [3.63, 3.8) is 0 Å². The lowest BCUT2D eigenvalue weighted by Crippen LogP contribution is -2.25. The Morgan fingerprint density at radius 3 is 2.39 bits per heavy atom. The summed E-state index contributed by atoms with van der Waals surface area (Å²) in [5.41, 5.74) is 1.000. The molecule has 168 valence electrons. The molecule has 0 bridgehead atoms. The summed E-state index contributed by atoms with van der Waals surface area (Å²) in [4.78, 5) is 47.9. The number of ether oxygens (including phenoxy) is 2. The highest BCUT2D eigenvalue weighted by Crippen LogP contribution is 2.34. The normalized spacial score (nSPS) is 11.6. The summed E-state index contributed by atoms with van der Waals surface area (Å²) in [5.74, 6) is -2.64. The van der Waals surface area contributed by atoms with E-state index in [0.29, 0.717) is 11.3 Å². The molecular formula is C19H24N4O7S. The van der Waals surface area contributed by atoms with Gasteiger partial charge in [-0.15, -0.1) is 11.3 Å². The standard InChI is InChI=1S/C19H24N4O7S/c1-6-29-18(25)14-12(5)15(19(26)30-7-2)31-17(14)20-16(24)10(3)9-22-11(4)8-13(21-22)23(27)28/h8,10H,6-7,9H2,1-5H3,(H,20,24). The molecule has 1 unspecified atom stereocenters. The molecule has 0 fully saturated rings. The maximum Gasteiger partial charge on any atom is 0.390 e. The number of hydrogen-bond acceptors (Lipinski definition) is 9. The minimum atomic E-state index is -0.659. The van der Waals surface area contributed by atoms with Crippen molar-refractivity contribution in [3.05, 3.63) is 37.9 Å². The second-order valence-electron chi connectivity index (χ2n) is 6.67. The Hall–Kier alpha value is -3.28. The van der Waals surface area contributed by atoms with Gasteiger partial charge in [0.2, 0.25) is 5.91 Å². The zero-order valence-corrected chi connectivity index (χ0v) is 18.7. The van der Waals surface area contributed by atoms with E-state index < -0.39 is 28.7 Å². The van der Waals surface area contributed by atoms with Crippen LogP contribution in [0.1, 0.15) is 52.1 Å². The molecule has 2 aromatic heterocycles. The van der Waals surface area contributed by atoms with Gasteiger partial charge in [0.1, 0.15) is 9.88 Å². The largest absolute Gasteiger partial charge is 0.462 e. The number of aromatic nitrogens is 2. The zero-order valence-electron chi connectivity index (χ0n) is 17.9. The summed E-state index contributed by atoms with van der Waals surface area (Å²) >= 11 is 0.933. The third-order valence-electron chi connectivity index (χ3n) is 4.37. The molecule has 0 aliphatic rings. The Morgan fingerprint density at radius 1 is 1.23 bits per heavy atom. The first-order valence-electron chi connectivity index (χ1n) is 9.57. The molecule has 2 rings (SSSR count). The molecule has 0 aliphatic heterocycles. The van der Waals surface area contributed by atoms with Crippen molar-refractivity contribution < 1.29 is 28.8 Å². The summed E-state index contributed by atoms with van der Waals surface area (Å²) in [6.45, 7) is 8.56. The molecule has 1 amide bonds. The fraction of sp³-hybridized carbons (Fsp3) is 0.474. The number of carbonyl (C=O) groups excluding carboxylic acids is 3. The summed E-state index contributed by atoms with van der Waals surface area (Å²) in [5, 5.41) is 17.6. The number of hydrogen-bond donors (Lipinski definition) is 1. The molecule has 1 atom stereocenters. The van der Waals surface area contributed by atoms with E-state index in [1.54, 1.807) is 34.6 Å². The molecule has 0 radical (unpaired) electrons. The molecule has 1 N–H and O–H groups in total. The smallest absolute Gasteiger partial charge is 0.390 e. The molecule has 31 heavy (non-hydrogen) atoms. The number of nitrogens with one attached hydrogen (secondary N) is 1. The summed E-state index contributed by atoms with van der Waals surface area (Å²) < 4.78 is 11.5. The molecule has 0 saturated heterocycles. The van der Waals surface area contributed by atoms with Gasteiger partial charge in [0.05, 0.1) is 48.1 Å². The lowest BCUT2D eigenvalue weighted by Gasteiger charge is -2.12. The minimum absolute atomic E-state index is 0.0926. The van der Waals surface area contributed by atoms with Crippen molar-refractivity contribution >= 4 is 40.0 Å². The number of nitrogens with zero attached hydrogens (tertiary/aromatic N) is 3. The molecule has 0 spiro atoms. The Morgan fingerprint density at radius 2 is 1.84 bits per heavy atom. The van der Waals surface area contributed by atoms with Gasteiger partial charge in [0, 0.05) is 0 Å². The SMILES string of the molecule is CCOC(=O)c1sc(NC(=O)C(C)Cn2nc([N+](=O)[O-])cc2C)c(C(=O)OCC)c1C. The van der Waals surface area contributed by atoms with E-state index in [2.05, 4.69) is 10.4 Å². The molecule has 11 nitrogen and oxygen atoms in total. The average Bonchev–Trinajstić information content (AvgIpc) is 3.22. The van der Waals surface area contributed by atoms with Crippen LogP contribution in [0.2, 0.25) is 0 Å². The molecule has 2 heterocycles. The van der Waals surface area contributed by atoms with Crippen molar-refractivity contribution in [1.82, 2.24) is 9.78 Å². The van der Waals surface area contributed by atoms with Crippen LogP contribution in [-0.2, 0) is 20.8 Å². The van der Waals surface area contributed by atoms with E-state index in [1.807, 2.05) is 0 Å². The van der Waals surface area contributed by atoms with Crippen molar-refractivity contribution in [3.8, 4) is 0 Å². The van der Waals surface area contributed by atoms with Crippen molar-refractivity contribution in [2.75, 3.05) is 18.5 Å². The van der Waals surface area contributed by atoms with E-state index in [0.717, 1.165) is 11.3 Å². The third kappa shape index (κ3) is 5.45. The van der Waals surface area contributed by atoms with Crippen LogP contribution >= 0.6 is 11.3 Å². The quantitative estimate of drug-likeness (QED) is 0.347. The van der Waals surface area contributed by atoms with Crippen LogP contribution in [0.3, 0.4) is 0 Å². The molecule has 0 saturated carbocycles. The summed E-state index contributed by atoms with van der Waals surface area (Å²) in [6, 6.07) is 1.32. The van der Waals surface area contributed by atoms with Gasteiger partial charge >= 0.3 is 17.8 Å². The van der Waals surface area contributed by atoms with Gasteiger partial charge in [0.25, 0.3) is 0 Å². The maximum atomic E-state index is 12.8. The minimum Gasteiger partial charge on any atom is -0.462 e. The fourth-order valence-corrected chi connectivity index (χ4v) is 3.88. The molecular weight excluding hydrogens is 428 g/mol. The van der Waals surface area contributed by atoms with Crippen molar-refractivity contribution in [2.24, 2.45) is 5.92 Å². The van der Waals surface area contributed by atoms with Crippen LogP contribution in [0.4, 0.5) is 10.8 Å². The van der Waals surface area contributed by atoms with Gasteiger partial charge < -0.3 is 24.9 Å². The maximum absolute atomic E-state index is 12.8. The summed E-state index contributed by atoms with van der Waals surface area (Å²) in [7, 11) is 0. The first-order chi connectivity index (χ1) is 14.6. The van der Waals surface area contributed by atoms with Crippen LogP contribution in [0.15, 0.2) is 6.07 Å². The van der Waals surface area contributed by atoms with Gasteiger partial charge in [-0.25, -0.2) is 9.59 Å². The number of nitro groups is 1. The number of rotatable bonds is 9. The van der Waals surface area contributed by atoms with E-state index in [9.17, 15) is 24.5 Å². The predicted octanol–water partition coefficient (Wildman–Crippen LogP) is 3.10. The number of amides is 1. The van der Waals surface area contributed by atoms with Gasteiger partial charge in [0.15, 0.2) is 0 Å². The number of thiophene rings is 1. The Labute approximate surface area is 182 Å². The van der Waals surface area contributed by atoms with Crippen LogP contribution in [0.5, 0.6) is 0 Å². The topological polar surface area (TPSA) is 143 Å². The van der Waals surface area contributed by atoms with E-state index >= 15 is 0 Å². The van der Waals surface area contributed by atoms with Gasteiger partial charge in [-0.2, -0.15) is 4.68 Å². The highest BCUT2D eigenvalue weighted by molar-refractivity contribution is 7.18. The molecule has 0 aromatic carbocycles. The Balaban J connectivity index is 2.28. The first-order valence-corrected chi connectivity index (χ1v) is 10.4. The van der Waals surface area contributed by atoms with Crippen LogP contribution in [0.25, 0.3) is 0 Å². The zero-order chi connectivity index (χ0) is 23.3. The highest BCUT2D eigenvalue weighted by Gasteiger charge is 2.29. The van der Waals surface area contributed by atoms with Crippen LogP contribution < -0.4 is 5.32 Å². The molecule has 12 heteroatoms. The highest BCUT2D eigenvalue weighted by atomic mass is 32.1. The van der Waals surface area contributed by atoms with Crippen molar-refractivity contribution in [2.45, 2.75) is 41.2 Å². The monoisotopic (exact) mass is 452 g/mol. The second-order valence-corrected chi connectivity index (χ2v) is 7.70. The predicted molar refractivity (Wildman–Crippen MR) is 112 cm³/mol. The van der Waals surface area contributed by atoms with Gasteiger partial charge in [-0.1, -0.05) is 6.92 Å². The third-order valence-corrected chi connectivity index (χ3v) is 5.56. The number of esters is 2. The van der Waals surface area contributed by atoms with Gasteiger partial charge in [-0.05, 0) is 38.2 Å². The average molecular weight is 452 g/mol. The lowest BCUT2D eigenvalue weighted by molar-refractivity contribution is -0.389. The van der Waals surface area contributed by atoms with E-state index in [4.69, 9.17) is 9.47 Å². The first kappa shape index (κ1) is 24.0.